The summed E-state index contributed by atoms with van der Waals surface area (Å²) in [6, 6.07) is 24.3. The molecule has 0 bridgehead atoms. The van der Waals surface area contributed by atoms with E-state index in [4.69, 9.17) is 9.84 Å². The molecule has 3 heterocycles. The van der Waals surface area contributed by atoms with Crippen LogP contribution < -0.4 is 9.64 Å². The van der Waals surface area contributed by atoms with Gasteiger partial charge in [0.15, 0.2) is 0 Å². The van der Waals surface area contributed by atoms with Gasteiger partial charge in [-0.05, 0) is 75.0 Å². The Morgan fingerprint density at radius 3 is 2.56 bits per heavy atom. The highest BCUT2D eigenvalue weighted by Crippen LogP contribution is 2.46. The number of rotatable bonds is 4. The summed E-state index contributed by atoms with van der Waals surface area (Å²) < 4.78 is 7.16. The molecule has 0 radical (unpaired) electrons. The Morgan fingerprint density at radius 1 is 1.03 bits per heavy atom. The summed E-state index contributed by atoms with van der Waals surface area (Å²) >= 11 is 0. The van der Waals surface area contributed by atoms with E-state index in [2.05, 4.69) is 37.1 Å². The lowest BCUT2D eigenvalue weighted by Gasteiger charge is -2.36. The third-order valence-corrected chi connectivity index (χ3v) is 7.50. The Balaban J connectivity index is 1.48. The normalized spacial score (nSPS) is 19.1. The fourth-order valence-corrected chi connectivity index (χ4v) is 5.68. The monoisotopic (exact) mass is 478 g/mol. The van der Waals surface area contributed by atoms with E-state index >= 15 is 0 Å². The maximum Gasteiger partial charge on any atom is 0.262 e. The van der Waals surface area contributed by atoms with E-state index in [-0.39, 0.29) is 11.9 Å². The number of fused-ring (bicyclic) bond motifs is 3. The van der Waals surface area contributed by atoms with Gasteiger partial charge in [0.25, 0.3) is 5.91 Å². The fourth-order valence-electron chi connectivity index (χ4n) is 5.68. The average Bonchev–Trinajstić information content (AvgIpc) is 3.49. The van der Waals surface area contributed by atoms with Gasteiger partial charge >= 0.3 is 0 Å². The second-order valence-electron chi connectivity index (χ2n) is 9.86. The third-order valence-electron chi connectivity index (χ3n) is 7.50. The average molecular weight is 479 g/mol. The van der Waals surface area contributed by atoms with Crippen molar-refractivity contribution >= 4 is 11.6 Å². The molecule has 0 saturated carbocycles. The molecular weight excluding hydrogens is 448 g/mol. The Labute approximate surface area is 211 Å². The standard InChI is InChI=1S/C30H30N4O2/c1-20-9-14-27-24(17-20)25-18-32(2)16-15-28(25)34(27)30(35)26-19-33(22-7-5-4-6-8-22)31-29(26)21-10-12-23(36-3)13-11-21/h4-14,17,19,25,28H,15-16,18H2,1-3H3/t25-,28-/m0/s1. The van der Waals surface area contributed by atoms with Crippen molar-refractivity contribution in [1.82, 2.24) is 14.7 Å². The van der Waals surface area contributed by atoms with Gasteiger partial charge in [0.05, 0.1) is 18.4 Å². The number of amides is 1. The lowest BCUT2D eigenvalue weighted by molar-refractivity contribution is 0.0965. The predicted molar refractivity (Wildman–Crippen MR) is 142 cm³/mol. The number of anilines is 1. The van der Waals surface area contributed by atoms with Crippen LogP contribution in [0.25, 0.3) is 16.9 Å². The number of benzene rings is 3. The minimum Gasteiger partial charge on any atom is -0.497 e. The molecule has 1 amide bonds. The lowest BCUT2D eigenvalue weighted by Crippen LogP contribution is -2.47. The van der Waals surface area contributed by atoms with E-state index in [0.717, 1.165) is 42.2 Å². The molecule has 6 rings (SSSR count). The van der Waals surface area contributed by atoms with Crippen LogP contribution in [0.15, 0.2) is 79.0 Å². The second-order valence-corrected chi connectivity index (χ2v) is 9.86. The number of piperidine rings is 1. The summed E-state index contributed by atoms with van der Waals surface area (Å²) in [7, 11) is 3.82. The van der Waals surface area contributed by atoms with Crippen LogP contribution >= 0.6 is 0 Å². The van der Waals surface area contributed by atoms with Crippen molar-refractivity contribution in [3.8, 4) is 22.7 Å². The maximum atomic E-state index is 14.4. The highest BCUT2D eigenvalue weighted by Gasteiger charge is 2.44. The zero-order chi connectivity index (χ0) is 24.8. The van der Waals surface area contributed by atoms with Gasteiger partial charge in [0.1, 0.15) is 11.4 Å². The third kappa shape index (κ3) is 3.78. The molecule has 1 aromatic heterocycles. The maximum absolute atomic E-state index is 14.4. The number of likely N-dealkylation sites (N-methyl/N-ethyl adjacent to an activating group) is 1. The number of methoxy groups -OCH3 is 1. The predicted octanol–water partition coefficient (Wildman–Crippen LogP) is 5.30. The van der Waals surface area contributed by atoms with Gasteiger partial charge in [-0.3, -0.25) is 4.79 Å². The van der Waals surface area contributed by atoms with Crippen LogP contribution in [0.3, 0.4) is 0 Å². The van der Waals surface area contributed by atoms with E-state index < -0.39 is 0 Å². The first kappa shape index (κ1) is 22.6. The zero-order valence-electron chi connectivity index (χ0n) is 20.9. The summed E-state index contributed by atoms with van der Waals surface area (Å²) in [4.78, 5) is 18.8. The SMILES string of the molecule is COc1ccc(-c2nn(-c3ccccc3)cc2C(=O)N2c3ccc(C)cc3[C@@H]3CN(C)CC[C@@H]32)cc1. The summed E-state index contributed by atoms with van der Waals surface area (Å²) in [6.45, 7) is 4.06. The second kappa shape index (κ2) is 8.95. The summed E-state index contributed by atoms with van der Waals surface area (Å²) in [5.74, 6) is 1.09. The molecule has 2 atom stereocenters. The van der Waals surface area contributed by atoms with Crippen LogP contribution in [0.2, 0.25) is 0 Å². The zero-order valence-corrected chi connectivity index (χ0v) is 20.9. The fraction of sp³-hybridized carbons (Fsp3) is 0.267. The lowest BCUT2D eigenvalue weighted by atomic mass is 9.88. The van der Waals surface area contributed by atoms with Crippen molar-refractivity contribution in [2.75, 3.05) is 32.1 Å². The molecule has 36 heavy (non-hydrogen) atoms. The van der Waals surface area contributed by atoms with Gasteiger partial charge in [-0.2, -0.15) is 5.10 Å². The molecule has 1 saturated heterocycles. The summed E-state index contributed by atoms with van der Waals surface area (Å²) in [5.41, 5.74) is 6.63. The number of ether oxygens (including phenoxy) is 1. The first-order chi connectivity index (χ1) is 17.5. The summed E-state index contributed by atoms with van der Waals surface area (Å²) in [6.07, 6.45) is 2.83. The molecule has 0 aliphatic carbocycles. The van der Waals surface area contributed by atoms with Gasteiger partial charge in [-0.1, -0.05) is 35.9 Å². The molecule has 0 unspecified atom stereocenters. The van der Waals surface area contributed by atoms with Crippen molar-refractivity contribution in [3.05, 3.63) is 95.7 Å². The van der Waals surface area contributed by atoms with E-state index in [1.807, 2.05) is 70.4 Å². The molecule has 0 N–H and O–H groups in total. The number of carbonyl (C=O) groups excluding carboxylic acids is 1. The number of carbonyl (C=O) groups is 1. The molecule has 6 nitrogen and oxygen atoms in total. The van der Waals surface area contributed by atoms with Crippen LogP contribution in [0.1, 0.15) is 33.8 Å². The Kier molecular flexibility index (Phi) is 5.61. The molecule has 2 aliphatic rings. The topological polar surface area (TPSA) is 50.6 Å². The van der Waals surface area contributed by atoms with Crippen molar-refractivity contribution < 1.29 is 9.53 Å². The quantitative estimate of drug-likeness (QED) is 0.399. The smallest absolute Gasteiger partial charge is 0.262 e. The molecule has 4 aromatic rings. The van der Waals surface area contributed by atoms with E-state index in [1.54, 1.807) is 7.11 Å². The van der Waals surface area contributed by atoms with Gasteiger partial charge in [-0.25, -0.2) is 4.68 Å². The molecule has 6 heteroatoms. The van der Waals surface area contributed by atoms with Gasteiger partial charge in [0.2, 0.25) is 0 Å². The number of hydrogen-bond donors (Lipinski definition) is 0. The highest BCUT2D eigenvalue weighted by atomic mass is 16.5. The largest absolute Gasteiger partial charge is 0.497 e. The first-order valence-corrected chi connectivity index (χ1v) is 12.5. The highest BCUT2D eigenvalue weighted by molar-refractivity contribution is 6.11. The van der Waals surface area contributed by atoms with Crippen LogP contribution in [0, 0.1) is 6.92 Å². The molecule has 182 valence electrons. The number of aryl methyl sites for hydroxylation is 1. The first-order valence-electron chi connectivity index (χ1n) is 12.5. The Hall–Kier alpha value is -3.90. The number of nitrogens with zero attached hydrogens (tertiary/aromatic N) is 4. The van der Waals surface area contributed by atoms with E-state index in [0.29, 0.717) is 17.2 Å². The van der Waals surface area contributed by atoms with Crippen LogP contribution in [0.4, 0.5) is 5.69 Å². The van der Waals surface area contributed by atoms with Crippen LogP contribution in [-0.2, 0) is 0 Å². The van der Waals surface area contributed by atoms with Crippen molar-refractivity contribution in [1.29, 1.82) is 0 Å². The number of para-hydroxylation sites is 1. The van der Waals surface area contributed by atoms with Crippen LogP contribution in [-0.4, -0.2) is 53.9 Å². The van der Waals surface area contributed by atoms with Crippen molar-refractivity contribution in [3.63, 3.8) is 0 Å². The van der Waals surface area contributed by atoms with Gasteiger partial charge in [-0.15, -0.1) is 0 Å². The van der Waals surface area contributed by atoms with Crippen molar-refractivity contribution in [2.45, 2.75) is 25.3 Å². The minimum atomic E-state index is 0.00477. The molecule has 1 fully saturated rings. The number of aromatic nitrogens is 2. The summed E-state index contributed by atoms with van der Waals surface area (Å²) in [5, 5.41) is 4.90. The Morgan fingerprint density at radius 2 is 1.81 bits per heavy atom. The molecule has 2 aliphatic heterocycles. The Bertz CT molecular complexity index is 1410. The molecule has 0 spiro atoms. The van der Waals surface area contributed by atoms with E-state index in [9.17, 15) is 4.79 Å². The number of hydrogen-bond acceptors (Lipinski definition) is 4. The van der Waals surface area contributed by atoms with E-state index in [1.165, 1.54) is 11.1 Å². The van der Waals surface area contributed by atoms with Crippen LogP contribution in [0.5, 0.6) is 5.75 Å². The minimum absolute atomic E-state index is 0.00477. The molecular formula is C30H30N4O2. The van der Waals surface area contributed by atoms with Gasteiger partial charge in [0, 0.05) is 36.0 Å². The van der Waals surface area contributed by atoms with Crippen molar-refractivity contribution in [2.24, 2.45) is 0 Å². The molecule has 3 aromatic carbocycles. The van der Waals surface area contributed by atoms with Gasteiger partial charge < -0.3 is 14.5 Å². The number of likely N-dealkylation sites (tertiary alicyclic amines) is 1.